The Morgan fingerprint density at radius 1 is 1.22 bits per heavy atom. The van der Waals surface area contributed by atoms with Crippen LogP contribution in [-0.2, 0) is 4.79 Å². The maximum atomic E-state index is 12.5. The van der Waals surface area contributed by atoms with Crippen molar-refractivity contribution in [3.8, 4) is 5.69 Å². The summed E-state index contributed by atoms with van der Waals surface area (Å²) in [7, 11) is 0. The van der Waals surface area contributed by atoms with Gasteiger partial charge in [-0.25, -0.2) is 9.48 Å². The Labute approximate surface area is 134 Å². The van der Waals surface area contributed by atoms with Gasteiger partial charge in [-0.15, -0.1) is 0 Å². The van der Waals surface area contributed by atoms with Gasteiger partial charge in [0.15, 0.2) is 0 Å². The summed E-state index contributed by atoms with van der Waals surface area (Å²) in [5.41, 5.74) is 3.34. The Morgan fingerprint density at radius 3 is 2.48 bits per heavy atom. The number of hydrogen-bond donors (Lipinski definition) is 1. The molecular weight excluding hydrogens is 294 g/mol. The second-order valence-corrected chi connectivity index (χ2v) is 5.88. The van der Waals surface area contributed by atoms with E-state index in [1.807, 2.05) is 36.7 Å². The van der Waals surface area contributed by atoms with Crippen LogP contribution in [-0.4, -0.2) is 44.3 Å². The fourth-order valence-corrected chi connectivity index (χ4v) is 3.07. The van der Waals surface area contributed by atoms with Crippen LogP contribution in [0.3, 0.4) is 0 Å². The minimum Gasteiger partial charge on any atom is -0.480 e. The molecule has 0 aliphatic carbocycles. The number of amides is 1. The maximum absolute atomic E-state index is 12.5. The van der Waals surface area contributed by atoms with Gasteiger partial charge in [-0.3, -0.25) is 4.79 Å². The highest BCUT2D eigenvalue weighted by Crippen LogP contribution is 2.21. The predicted molar refractivity (Wildman–Crippen MR) is 84.7 cm³/mol. The van der Waals surface area contributed by atoms with Crippen molar-refractivity contribution in [2.24, 2.45) is 0 Å². The molecule has 0 spiro atoms. The van der Waals surface area contributed by atoms with Crippen molar-refractivity contribution in [3.05, 3.63) is 47.3 Å². The molecule has 0 bridgehead atoms. The van der Waals surface area contributed by atoms with Crippen LogP contribution >= 0.6 is 0 Å². The standard InChI is InChI=1S/C17H19N3O3/c1-11-10-12(2)20(18-11)14-7-5-13(6-8-14)16(21)19-9-3-4-15(19)17(22)23/h5-8,10,15H,3-4,9H2,1-2H3,(H,22,23)/t15-/m1/s1. The van der Waals surface area contributed by atoms with Gasteiger partial charge in [0, 0.05) is 17.8 Å². The number of rotatable bonds is 3. The number of aryl methyl sites for hydroxylation is 2. The molecule has 1 amide bonds. The van der Waals surface area contributed by atoms with E-state index in [1.54, 1.807) is 12.1 Å². The largest absolute Gasteiger partial charge is 0.480 e. The fourth-order valence-electron chi connectivity index (χ4n) is 3.07. The third-order valence-corrected chi connectivity index (χ3v) is 4.17. The van der Waals surface area contributed by atoms with Crippen LogP contribution in [0.5, 0.6) is 0 Å². The second kappa shape index (κ2) is 5.87. The zero-order chi connectivity index (χ0) is 16.6. The minimum atomic E-state index is -0.935. The average molecular weight is 313 g/mol. The van der Waals surface area contributed by atoms with E-state index in [2.05, 4.69) is 5.10 Å². The molecule has 6 heteroatoms. The maximum Gasteiger partial charge on any atom is 0.326 e. The lowest BCUT2D eigenvalue weighted by atomic mass is 10.1. The molecule has 0 radical (unpaired) electrons. The molecule has 0 saturated carbocycles. The number of nitrogens with zero attached hydrogens (tertiary/aromatic N) is 3. The normalized spacial score (nSPS) is 17.5. The molecule has 1 N–H and O–H groups in total. The lowest BCUT2D eigenvalue weighted by Crippen LogP contribution is -2.40. The van der Waals surface area contributed by atoms with Crippen LogP contribution in [0.1, 0.15) is 34.6 Å². The minimum absolute atomic E-state index is 0.227. The molecule has 6 nitrogen and oxygen atoms in total. The molecule has 23 heavy (non-hydrogen) atoms. The summed E-state index contributed by atoms with van der Waals surface area (Å²) in [5.74, 6) is -1.16. The molecule has 1 fully saturated rings. The van der Waals surface area contributed by atoms with Crippen LogP contribution in [0.15, 0.2) is 30.3 Å². The number of hydrogen-bond acceptors (Lipinski definition) is 3. The highest BCUT2D eigenvalue weighted by Gasteiger charge is 2.34. The Kier molecular flexibility index (Phi) is 3.90. The molecule has 1 saturated heterocycles. The number of likely N-dealkylation sites (tertiary alicyclic amines) is 1. The first-order chi connectivity index (χ1) is 11.0. The first-order valence-corrected chi connectivity index (χ1v) is 7.65. The van der Waals surface area contributed by atoms with Crippen molar-refractivity contribution in [1.82, 2.24) is 14.7 Å². The van der Waals surface area contributed by atoms with E-state index in [1.165, 1.54) is 4.90 Å². The number of carbonyl (C=O) groups excluding carboxylic acids is 1. The van der Waals surface area contributed by atoms with Gasteiger partial charge in [0.2, 0.25) is 0 Å². The lowest BCUT2D eigenvalue weighted by molar-refractivity contribution is -0.141. The van der Waals surface area contributed by atoms with Crippen molar-refractivity contribution < 1.29 is 14.7 Å². The number of aromatic nitrogens is 2. The molecule has 1 aliphatic heterocycles. The number of carboxylic acid groups (broad SMARTS) is 1. The molecule has 1 aromatic heterocycles. The zero-order valence-corrected chi connectivity index (χ0v) is 13.2. The van der Waals surface area contributed by atoms with E-state index >= 15 is 0 Å². The average Bonchev–Trinajstić information content (AvgIpc) is 3.13. The van der Waals surface area contributed by atoms with Gasteiger partial charge >= 0.3 is 5.97 Å². The Hall–Kier alpha value is -2.63. The second-order valence-electron chi connectivity index (χ2n) is 5.88. The third-order valence-electron chi connectivity index (χ3n) is 4.17. The van der Waals surface area contributed by atoms with E-state index in [0.29, 0.717) is 18.5 Å². The highest BCUT2D eigenvalue weighted by molar-refractivity contribution is 5.97. The van der Waals surface area contributed by atoms with Gasteiger partial charge < -0.3 is 10.0 Å². The molecule has 1 aromatic carbocycles. The number of carboxylic acids is 1. The Balaban J connectivity index is 1.83. The van der Waals surface area contributed by atoms with E-state index in [-0.39, 0.29) is 5.91 Å². The van der Waals surface area contributed by atoms with Crippen molar-refractivity contribution in [2.75, 3.05) is 6.54 Å². The summed E-state index contributed by atoms with van der Waals surface area (Å²) in [6.07, 6.45) is 1.25. The van der Waals surface area contributed by atoms with Crippen molar-refractivity contribution >= 4 is 11.9 Å². The Morgan fingerprint density at radius 2 is 1.91 bits per heavy atom. The molecular formula is C17H19N3O3. The van der Waals surface area contributed by atoms with E-state index < -0.39 is 12.0 Å². The summed E-state index contributed by atoms with van der Waals surface area (Å²) >= 11 is 0. The first kappa shape index (κ1) is 15.3. The molecule has 120 valence electrons. The topological polar surface area (TPSA) is 75.4 Å². The van der Waals surface area contributed by atoms with Gasteiger partial charge in [0.1, 0.15) is 6.04 Å². The van der Waals surface area contributed by atoms with Gasteiger partial charge in [-0.05, 0) is 57.0 Å². The fraction of sp³-hybridized carbons (Fsp3) is 0.353. The molecule has 1 aliphatic rings. The quantitative estimate of drug-likeness (QED) is 0.942. The first-order valence-electron chi connectivity index (χ1n) is 7.65. The van der Waals surface area contributed by atoms with Crippen LogP contribution < -0.4 is 0 Å². The SMILES string of the molecule is Cc1cc(C)n(-c2ccc(C(=O)N3CCC[C@@H]3C(=O)O)cc2)n1. The Bertz CT molecular complexity index is 749. The predicted octanol–water partition coefficient (Wildman–Crippen LogP) is 2.18. The van der Waals surface area contributed by atoms with Crippen LogP contribution in [0.25, 0.3) is 5.69 Å². The third kappa shape index (κ3) is 2.84. The van der Waals surface area contributed by atoms with Gasteiger partial charge in [-0.1, -0.05) is 0 Å². The molecule has 2 heterocycles. The smallest absolute Gasteiger partial charge is 0.326 e. The van der Waals surface area contributed by atoms with Crippen molar-refractivity contribution in [1.29, 1.82) is 0 Å². The molecule has 0 unspecified atom stereocenters. The van der Waals surface area contributed by atoms with Crippen LogP contribution in [0.2, 0.25) is 0 Å². The summed E-state index contributed by atoms with van der Waals surface area (Å²) in [5, 5.41) is 13.6. The van der Waals surface area contributed by atoms with E-state index in [0.717, 1.165) is 23.5 Å². The van der Waals surface area contributed by atoms with Gasteiger partial charge in [0.25, 0.3) is 5.91 Å². The lowest BCUT2D eigenvalue weighted by Gasteiger charge is -2.21. The highest BCUT2D eigenvalue weighted by atomic mass is 16.4. The van der Waals surface area contributed by atoms with Crippen molar-refractivity contribution in [3.63, 3.8) is 0 Å². The summed E-state index contributed by atoms with van der Waals surface area (Å²) < 4.78 is 1.82. The van der Waals surface area contributed by atoms with Crippen LogP contribution in [0, 0.1) is 13.8 Å². The molecule has 3 rings (SSSR count). The number of aliphatic carboxylic acids is 1. The zero-order valence-electron chi connectivity index (χ0n) is 13.2. The summed E-state index contributed by atoms with van der Waals surface area (Å²) in [6, 6.07) is 8.40. The number of carbonyl (C=O) groups is 2. The number of benzene rings is 1. The molecule has 1 atom stereocenters. The van der Waals surface area contributed by atoms with E-state index in [9.17, 15) is 14.7 Å². The molecule has 2 aromatic rings. The van der Waals surface area contributed by atoms with Crippen LogP contribution in [0.4, 0.5) is 0 Å². The summed E-state index contributed by atoms with van der Waals surface area (Å²) in [4.78, 5) is 25.2. The van der Waals surface area contributed by atoms with Gasteiger partial charge in [-0.2, -0.15) is 5.10 Å². The monoisotopic (exact) mass is 313 g/mol. The van der Waals surface area contributed by atoms with Crippen molar-refractivity contribution in [2.45, 2.75) is 32.7 Å². The van der Waals surface area contributed by atoms with Gasteiger partial charge in [0.05, 0.1) is 11.4 Å². The van der Waals surface area contributed by atoms with E-state index in [4.69, 9.17) is 0 Å². The summed E-state index contributed by atoms with van der Waals surface area (Å²) in [6.45, 7) is 4.40.